The first kappa shape index (κ1) is 22.9. The van der Waals surface area contributed by atoms with Gasteiger partial charge in [0.05, 0.1) is 44.5 Å². The number of aryl methyl sites for hydroxylation is 1. The predicted molar refractivity (Wildman–Crippen MR) is 102 cm³/mol. The number of hydrogen-bond acceptors (Lipinski definition) is 6. The van der Waals surface area contributed by atoms with E-state index in [9.17, 15) is 14.7 Å². The Kier molecular flexibility index (Phi) is 11.1. The second-order valence-electron chi connectivity index (χ2n) is 6.29. The van der Waals surface area contributed by atoms with Gasteiger partial charge >= 0.3 is 5.97 Å². The van der Waals surface area contributed by atoms with E-state index in [4.69, 9.17) is 20.3 Å². The first-order valence-electron chi connectivity index (χ1n) is 9.14. The van der Waals surface area contributed by atoms with Gasteiger partial charge in [0.15, 0.2) is 0 Å². The molecule has 27 heavy (non-hydrogen) atoms. The minimum absolute atomic E-state index is 0.0119. The third-order valence-electron chi connectivity index (χ3n) is 3.97. The van der Waals surface area contributed by atoms with Crippen molar-refractivity contribution in [3.8, 4) is 5.75 Å². The highest BCUT2D eigenvalue weighted by Crippen LogP contribution is 2.25. The molecule has 0 heterocycles. The molecule has 1 atom stereocenters. The van der Waals surface area contributed by atoms with Crippen LogP contribution < -0.4 is 11.1 Å². The molecule has 0 bridgehead atoms. The van der Waals surface area contributed by atoms with Crippen molar-refractivity contribution in [2.24, 2.45) is 11.7 Å². The Hall–Kier alpha value is -2.16. The summed E-state index contributed by atoms with van der Waals surface area (Å²) in [4.78, 5) is 22.8. The maximum absolute atomic E-state index is 12.0. The predicted octanol–water partition coefficient (Wildman–Crippen LogP) is 1.76. The molecule has 1 aromatic carbocycles. The van der Waals surface area contributed by atoms with Gasteiger partial charge in [0.25, 0.3) is 0 Å². The van der Waals surface area contributed by atoms with Crippen LogP contribution in [0.2, 0.25) is 0 Å². The normalized spacial score (nSPS) is 11.9. The first-order chi connectivity index (χ1) is 12.9. The van der Waals surface area contributed by atoms with Crippen LogP contribution in [-0.4, -0.2) is 55.1 Å². The number of carbonyl (C=O) groups is 2. The lowest BCUT2D eigenvalue weighted by atomic mass is 10.0. The van der Waals surface area contributed by atoms with E-state index < -0.39 is 5.97 Å². The highest BCUT2D eigenvalue weighted by atomic mass is 16.5. The quantitative estimate of drug-likeness (QED) is 0.285. The number of nitrogens with one attached hydrogen (secondary N) is 1. The Balaban J connectivity index is 2.36. The van der Waals surface area contributed by atoms with E-state index in [0.29, 0.717) is 51.3 Å². The number of carboxylic acid groups (broad SMARTS) is 1. The van der Waals surface area contributed by atoms with Gasteiger partial charge in [0.2, 0.25) is 5.91 Å². The maximum atomic E-state index is 12.0. The van der Waals surface area contributed by atoms with Gasteiger partial charge in [-0.15, -0.1) is 0 Å². The lowest BCUT2D eigenvalue weighted by Crippen LogP contribution is -2.16. The summed E-state index contributed by atoms with van der Waals surface area (Å²) in [6.07, 6.45) is 2.12. The molecule has 1 unspecified atom stereocenters. The summed E-state index contributed by atoms with van der Waals surface area (Å²) in [7, 11) is 0. The topological polar surface area (TPSA) is 131 Å². The van der Waals surface area contributed by atoms with Gasteiger partial charge in [-0.25, -0.2) is 0 Å². The van der Waals surface area contributed by atoms with Gasteiger partial charge in [-0.05, 0) is 37.0 Å². The van der Waals surface area contributed by atoms with Gasteiger partial charge in [-0.2, -0.15) is 0 Å². The molecule has 8 nitrogen and oxygen atoms in total. The lowest BCUT2D eigenvalue weighted by molar-refractivity contribution is -0.141. The van der Waals surface area contributed by atoms with Crippen LogP contribution in [-0.2, 0) is 25.5 Å². The highest BCUT2D eigenvalue weighted by molar-refractivity contribution is 5.92. The summed E-state index contributed by atoms with van der Waals surface area (Å²) in [6.45, 7) is 3.70. The summed E-state index contributed by atoms with van der Waals surface area (Å²) in [5, 5.41) is 21.5. The van der Waals surface area contributed by atoms with Crippen LogP contribution in [0, 0.1) is 5.92 Å². The van der Waals surface area contributed by atoms with E-state index in [0.717, 1.165) is 5.56 Å². The zero-order valence-electron chi connectivity index (χ0n) is 15.8. The molecular weight excluding hydrogens is 352 g/mol. The molecule has 5 N–H and O–H groups in total. The van der Waals surface area contributed by atoms with Gasteiger partial charge in [0.1, 0.15) is 5.75 Å². The molecule has 0 fully saturated rings. The number of aliphatic carboxylic acids is 1. The molecule has 0 saturated heterocycles. The number of carboxylic acids is 1. The van der Waals surface area contributed by atoms with Crippen LogP contribution in [0.5, 0.6) is 5.75 Å². The maximum Gasteiger partial charge on any atom is 0.306 e. The summed E-state index contributed by atoms with van der Waals surface area (Å²) < 4.78 is 10.5. The minimum Gasteiger partial charge on any atom is -0.506 e. The lowest BCUT2D eigenvalue weighted by Gasteiger charge is -2.11. The van der Waals surface area contributed by atoms with Crippen molar-refractivity contribution in [1.29, 1.82) is 0 Å². The summed E-state index contributed by atoms with van der Waals surface area (Å²) in [5.41, 5.74) is 6.56. The van der Waals surface area contributed by atoms with Gasteiger partial charge in [-0.3, -0.25) is 9.59 Å². The third-order valence-corrected chi connectivity index (χ3v) is 3.97. The monoisotopic (exact) mass is 382 g/mol. The molecule has 0 aliphatic rings. The number of rotatable bonds is 14. The van der Waals surface area contributed by atoms with Crippen LogP contribution in [0.15, 0.2) is 18.2 Å². The molecule has 1 aromatic rings. The van der Waals surface area contributed by atoms with Crippen LogP contribution in [0.25, 0.3) is 0 Å². The minimum atomic E-state index is -0.804. The zero-order chi connectivity index (χ0) is 20.1. The number of phenols is 1. The van der Waals surface area contributed by atoms with E-state index in [1.165, 1.54) is 6.07 Å². The van der Waals surface area contributed by atoms with Gasteiger partial charge < -0.3 is 30.7 Å². The average molecular weight is 382 g/mol. The van der Waals surface area contributed by atoms with E-state index >= 15 is 0 Å². The number of benzene rings is 1. The molecule has 1 rings (SSSR count). The second-order valence-corrected chi connectivity index (χ2v) is 6.29. The van der Waals surface area contributed by atoms with Crippen molar-refractivity contribution >= 4 is 17.6 Å². The average Bonchev–Trinajstić information content (AvgIpc) is 2.63. The van der Waals surface area contributed by atoms with E-state index in [1.54, 1.807) is 19.1 Å². The number of carbonyl (C=O) groups excluding carboxylic acids is 1. The van der Waals surface area contributed by atoms with Crippen molar-refractivity contribution in [3.63, 3.8) is 0 Å². The standard InChI is InChI=1S/C19H30N2O6/c1-14(19(24)25)3-2-4-15-5-6-17(22)16(13-15)21-18(23)7-9-26-11-12-27-10-8-20/h5-6,13-14,22H,2-4,7-12,20H2,1H3,(H,21,23)(H,24,25). The Morgan fingerprint density at radius 2 is 1.89 bits per heavy atom. The largest absolute Gasteiger partial charge is 0.506 e. The van der Waals surface area contributed by atoms with E-state index in [1.807, 2.05) is 0 Å². The van der Waals surface area contributed by atoms with E-state index in [-0.39, 0.29) is 30.6 Å². The van der Waals surface area contributed by atoms with Crippen LogP contribution >= 0.6 is 0 Å². The van der Waals surface area contributed by atoms with Crippen molar-refractivity contribution in [2.75, 3.05) is 38.3 Å². The number of ether oxygens (including phenoxy) is 2. The fourth-order valence-corrected chi connectivity index (χ4v) is 2.36. The number of amides is 1. The molecular formula is C19H30N2O6. The number of phenolic OH excluding ortho intramolecular Hbond substituents is 1. The number of aromatic hydroxyl groups is 1. The van der Waals surface area contributed by atoms with E-state index in [2.05, 4.69) is 5.32 Å². The highest BCUT2D eigenvalue weighted by Gasteiger charge is 2.11. The Morgan fingerprint density at radius 1 is 1.19 bits per heavy atom. The Bertz CT molecular complexity index is 594. The molecule has 0 spiro atoms. The second kappa shape index (κ2) is 13.1. The SMILES string of the molecule is CC(CCCc1ccc(O)c(NC(=O)CCOCCOCCN)c1)C(=O)O. The summed E-state index contributed by atoms with van der Waals surface area (Å²) >= 11 is 0. The van der Waals surface area contributed by atoms with Crippen molar-refractivity contribution in [1.82, 2.24) is 0 Å². The summed E-state index contributed by atoms with van der Waals surface area (Å²) in [5.74, 6) is -1.46. The van der Waals surface area contributed by atoms with Gasteiger partial charge in [-0.1, -0.05) is 13.0 Å². The number of hydrogen-bond donors (Lipinski definition) is 4. The van der Waals surface area contributed by atoms with Crippen molar-refractivity contribution in [2.45, 2.75) is 32.6 Å². The van der Waals surface area contributed by atoms with Gasteiger partial charge in [0, 0.05) is 6.54 Å². The Labute approximate surface area is 159 Å². The van der Waals surface area contributed by atoms with Crippen LogP contribution in [0.3, 0.4) is 0 Å². The van der Waals surface area contributed by atoms with Crippen LogP contribution in [0.4, 0.5) is 5.69 Å². The molecule has 0 aliphatic heterocycles. The summed E-state index contributed by atoms with van der Waals surface area (Å²) in [6, 6.07) is 5.00. The smallest absolute Gasteiger partial charge is 0.306 e. The van der Waals surface area contributed by atoms with Crippen molar-refractivity contribution < 1.29 is 29.3 Å². The fraction of sp³-hybridized carbons (Fsp3) is 0.579. The molecule has 0 saturated carbocycles. The van der Waals surface area contributed by atoms with Crippen LogP contribution in [0.1, 0.15) is 31.7 Å². The number of anilines is 1. The van der Waals surface area contributed by atoms with Crippen molar-refractivity contribution in [3.05, 3.63) is 23.8 Å². The molecule has 1 amide bonds. The molecule has 8 heteroatoms. The molecule has 0 radical (unpaired) electrons. The first-order valence-corrected chi connectivity index (χ1v) is 9.14. The Morgan fingerprint density at radius 3 is 2.56 bits per heavy atom. The zero-order valence-corrected chi connectivity index (χ0v) is 15.8. The molecule has 152 valence electrons. The number of nitrogens with two attached hydrogens (primary N) is 1. The molecule has 0 aromatic heterocycles. The fourth-order valence-electron chi connectivity index (χ4n) is 2.36. The third kappa shape index (κ3) is 9.93. The molecule has 0 aliphatic carbocycles.